The molecule has 0 aliphatic carbocycles. The van der Waals surface area contributed by atoms with E-state index < -0.39 is 40.3 Å². The van der Waals surface area contributed by atoms with Crippen LogP contribution in [0.2, 0.25) is 0 Å². The van der Waals surface area contributed by atoms with E-state index in [-0.39, 0.29) is 23.3 Å². The van der Waals surface area contributed by atoms with Crippen LogP contribution in [0, 0.1) is 15.9 Å². The second-order valence-corrected chi connectivity index (χ2v) is 5.73. The van der Waals surface area contributed by atoms with Crippen LogP contribution in [-0.2, 0) is 16.0 Å². The molecule has 2 N–H and O–H groups in total. The number of amides is 1. The SMILES string of the molecule is CC(=O)Oc1cccc(C(=O)N[C@@H](Cc2ccc(F)c([N+](=O)[O-])c2)C(=O)O)c1. The smallest absolute Gasteiger partial charge is 0.326 e. The largest absolute Gasteiger partial charge is 0.480 e. The van der Waals surface area contributed by atoms with Crippen molar-refractivity contribution in [1.82, 2.24) is 5.32 Å². The maximum atomic E-state index is 13.4. The Labute approximate surface area is 157 Å². The standard InChI is InChI=1S/C18H15FN2O7/c1-10(22)28-13-4-2-3-12(9-13)17(23)20-15(18(24)25)7-11-5-6-14(19)16(8-11)21(26)27/h2-6,8-9,15H,7H2,1H3,(H,20,23)(H,24,25)/t15-/m0/s1. The number of rotatable bonds is 7. The van der Waals surface area contributed by atoms with Crippen LogP contribution in [0.15, 0.2) is 42.5 Å². The molecule has 2 aromatic carbocycles. The maximum Gasteiger partial charge on any atom is 0.326 e. The van der Waals surface area contributed by atoms with Crippen molar-refractivity contribution < 1.29 is 33.5 Å². The zero-order valence-electron chi connectivity index (χ0n) is 14.5. The number of nitrogens with zero attached hydrogens (tertiary/aromatic N) is 1. The van der Waals surface area contributed by atoms with Gasteiger partial charge in [0.05, 0.1) is 4.92 Å². The first-order valence-corrected chi connectivity index (χ1v) is 7.92. The number of carbonyl (C=O) groups is 3. The van der Waals surface area contributed by atoms with Gasteiger partial charge >= 0.3 is 17.6 Å². The summed E-state index contributed by atoms with van der Waals surface area (Å²) in [5, 5.41) is 22.4. The molecule has 0 heterocycles. The first-order valence-electron chi connectivity index (χ1n) is 7.92. The lowest BCUT2D eigenvalue weighted by atomic mass is 10.0. The Morgan fingerprint density at radius 1 is 1.25 bits per heavy atom. The van der Waals surface area contributed by atoms with Gasteiger partial charge in [-0.05, 0) is 29.8 Å². The molecule has 1 amide bonds. The molecule has 0 unspecified atom stereocenters. The number of esters is 1. The molecule has 1 atom stereocenters. The molecule has 0 bridgehead atoms. The fourth-order valence-electron chi connectivity index (χ4n) is 2.37. The van der Waals surface area contributed by atoms with Gasteiger partial charge in [-0.2, -0.15) is 4.39 Å². The third kappa shape index (κ3) is 5.34. The highest BCUT2D eigenvalue weighted by molar-refractivity contribution is 5.97. The predicted molar refractivity (Wildman–Crippen MR) is 93.4 cm³/mol. The van der Waals surface area contributed by atoms with Gasteiger partial charge in [0, 0.05) is 25.0 Å². The van der Waals surface area contributed by atoms with Gasteiger partial charge in [0.15, 0.2) is 0 Å². The maximum absolute atomic E-state index is 13.4. The molecule has 0 aliphatic heterocycles. The van der Waals surface area contributed by atoms with Crippen LogP contribution < -0.4 is 10.1 Å². The van der Waals surface area contributed by atoms with E-state index in [1.54, 1.807) is 0 Å². The second kappa shape index (κ2) is 8.71. The minimum Gasteiger partial charge on any atom is -0.480 e. The summed E-state index contributed by atoms with van der Waals surface area (Å²) in [5.41, 5.74) is -0.577. The quantitative estimate of drug-likeness (QED) is 0.320. The third-order valence-corrected chi connectivity index (χ3v) is 3.61. The summed E-state index contributed by atoms with van der Waals surface area (Å²) >= 11 is 0. The van der Waals surface area contributed by atoms with Crippen LogP contribution in [0.4, 0.5) is 10.1 Å². The highest BCUT2D eigenvalue weighted by atomic mass is 19.1. The topological polar surface area (TPSA) is 136 Å². The molecule has 0 saturated carbocycles. The highest BCUT2D eigenvalue weighted by Crippen LogP contribution is 2.20. The summed E-state index contributed by atoms with van der Waals surface area (Å²) in [6.45, 7) is 1.19. The van der Waals surface area contributed by atoms with Crippen molar-refractivity contribution in [2.45, 2.75) is 19.4 Å². The number of nitrogens with one attached hydrogen (secondary N) is 1. The van der Waals surface area contributed by atoms with Crippen molar-refractivity contribution in [3.05, 3.63) is 69.5 Å². The van der Waals surface area contributed by atoms with Crippen LogP contribution in [0.5, 0.6) is 5.75 Å². The Kier molecular flexibility index (Phi) is 6.38. The van der Waals surface area contributed by atoms with Gasteiger partial charge in [0.25, 0.3) is 5.91 Å². The summed E-state index contributed by atoms with van der Waals surface area (Å²) < 4.78 is 18.3. The normalized spacial score (nSPS) is 11.4. The number of hydrogen-bond acceptors (Lipinski definition) is 6. The molecule has 0 fully saturated rings. The number of carboxylic acid groups (broad SMARTS) is 1. The lowest BCUT2D eigenvalue weighted by Crippen LogP contribution is -2.42. The van der Waals surface area contributed by atoms with E-state index >= 15 is 0 Å². The van der Waals surface area contributed by atoms with Crippen LogP contribution in [0.1, 0.15) is 22.8 Å². The number of nitro groups is 1. The van der Waals surface area contributed by atoms with Crippen molar-refractivity contribution in [1.29, 1.82) is 0 Å². The zero-order chi connectivity index (χ0) is 20.8. The van der Waals surface area contributed by atoms with Gasteiger partial charge in [0.1, 0.15) is 11.8 Å². The number of benzene rings is 2. The van der Waals surface area contributed by atoms with Gasteiger partial charge in [-0.3, -0.25) is 19.7 Å². The fourth-order valence-corrected chi connectivity index (χ4v) is 2.37. The third-order valence-electron chi connectivity index (χ3n) is 3.61. The fraction of sp³-hybridized carbons (Fsp3) is 0.167. The summed E-state index contributed by atoms with van der Waals surface area (Å²) in [6.07, 6.45) is -0.300. The van der Waals surface area contributed by atoms with E-state index in [9.17, 15) is 34.0 Å². The molecule has 0 radical (unpaired) electrons. The second-order valence-electron chi connectivity index (χ2n) is 5.73. The van der Waals surface area contributed by atoms with Gasteiger partial charge in [-0.1, -0.05) is 12.1 Å². The van der Waals surface area contributed by atoms with Crippen molar-refractivity contribution in [2.24, 2.45) is 0 Å². The molecule has 0 aliphatic rings. The van der Waals surface area contributed by atoms with Gasteiger partial charge in [0.2, 0.25) is 5.82 Å². The first-order chi connectivity index (χ1) is 13.2. The summed E-state index contributed by atoms with van der Waals surface area (Å²) in [6, 6.07) is 7.11. The summed E-state index contributed by atoms with van der Waals surface area (Å²) in [5.74, 6) is -3.65. The van der Waals surface area contributed by atoms with Crippen LogP contribution >= 0.6 is 0 Å². The van der Waals surface area contributed by atoms with Gasteiger partial charge in [-0.15, -0.1) is 0 Å². The van der Waals surface area contributed by atoms with Crippen molar-refractivity contribution in [3.63, 3.8) is 0 Å². The molecule has 2 rings (SSSR count). The zero-order valence-corrected chi connectivity index (χ0v) is 14.5. The van der Waals surface area contributed by atoms with E-state index in [1.165, 1.54) is 37.3 Å². The Bertz CT molecular complexity index is 945. The lowest BCUT2D eigenvalue weighted by molar-refractivity contribution is -0.387. The number of ether oxygens (including phenoxy) is 1. The highest BCUT2D eigenvalue weighted by Gasteiger charge is 2.23. The molecular weight excluding hydrogens is 375 g/mol. The minimum atomic E-state index is -1.42. The Hall–Kier alpha value is -3.82. The predicted octanol–water partition coefficient (Wildman–Crippen LogP) is 2.08. The first kappa shape index (κ1) is 20.5. The van der Waals surface area contributed by atoms with Crippen molar-refractivity contribution >= 4 is 23.5 Å². The summed E-state index contributed by atoms with van der Waals surface area (Å²) in [7, 11) is 0. The molecule has 28 heavy (non-hydrogen) atoms. The average molecular weight is 390 g/mol. The number of hydrogen-bond donors (Lipinski definition) is 2. The van der Waals surface area contributed by atoms with E-state index in [4.69, 9.17) is 4.74 Å². The minimum absolute atomic E-state index is 0.0510. The molecule has 146 valence electrons. The monoisotopic (exact) mass is 390 g/mol. The molecule has 0 saturated heterocycles. The number of halogens is 1. The van der Waals surface area contributed by atoms with E-state index in [1.807, 2.05) is 0 Å². The van der Waals surface area contributed by atoms with E-state index in [0.717, 1.165) is 12.1 Å². The number of carboxylic acids is 1. The van der Waals surface area contributed by atoms with E-state index in [0.29, 0.717) is 0 Å². The van der Waals surface area contributed by atoms with Crippen LogP contribution in [0.3, 0.4) is 0 Å². The Morgan fingerprint density at radius 3 is 2.57 bits per heavy atom. The average Bonchev–Trinajstić information content (AvgIpc) is 2.61. The molecule has 0 spiro atoms. The lowest BCUT2D eigenvalue weighted by Gasteiger charge is -2.15. The van der Waals surface area contributed by atoms with Crippen LogP contribution in [-0.4, -0.2) is 33.9 Å². The van der Waals surface area contributed by atoms with Gasteiger partial charge in [-0.25, -0.2) is 4.79 Å². The van der Waals surface area contributed by atoms with Crippen LogP contribution in [0.25, 0.3) is 0 Å². The number of carbonyl (C=O) groups excluding carboxylic acids is 2. The molecule has 10 heteroatoms. The molecule has 0 aromatic heterocycles. The summed E-state index contributed by atoms with van der Waals surface area (Å²) in [4.78, 5) is 44.7. The molecule has 9 nitrogen and oxygen atoms in total. The molecule has 2 aromatic rings. The number of aliphatic carboxylic acids is 1. The van der Waals surface area contributed by atoms with Gasteiger partial charge < -0.3 is 15.2 Å². The Balaban J connectivity index is 2.18. The van der Waals surface area contributed by atoms with E-state index in [2.05, 4.69) is 5.32 Å². The van der Waals surface area contributed by atoms with Crippen molar-refractivity contribution in [3.8, 4) is 5.75 Å². The van der Waals surface area contributed by atoms with Crippen molar-refractivity contribution in [2.75, 3.05) is 0 Å². The molecular formula is C18H15FN2O7. The Morgan fingerprint density at radius 2 is 1.96 bits per heavy atom. The number of nitro benzene ring substituents is 1.